The molecule has 2 saturated heterocycles. The Balaban J connectivity index is 1.66. The lowest BCUT2D eigenvalue weighted by Crippen LogP contribution is -2.67. The van der Waals surface area contributed by atoms with Gasteiger partial charge < -0.3 is 4.90 Å². The molecule has 208 valence electrons. The molecule has 0 aliphatic carbocycles. The number of nitrogens with zero attached hydrogens (tertiary/aromatic N) is 4. The van der Waals surface area contributed by atoms with Gasteiger partial charge in [-0.05, 0) is 75.7 Å². The van der Waals surface area contributed by atoms with Crippen LogP contribution in [0.1, 0.15) is 32.3 Å². The van der Waals surface area contributed by atoms with E-state index in [0.29, 0.717) is 23.1 Å². The van der Waals surface area contributed by atoms with Crippen molar-refractivity contribution in [1.82, 2.24) is 19.0 Å². The number of hydrogen-bond acceptors (Lipinski definition) is 5. The maximum Gasteiger partial charge on any atom is 0.267 e. The van der Waals surface area contributed by atoms with Crippen LogP contribution in [0.5, 0.6) is 0 Å². The Morgan fingerprint density at radius 2 is 1.64 bits per heavy atom. The van der Waals surface area contributed by atoms with E-state index in [1.54, 1.807) is 18.2 Å². The molecule has 8 nitrogen and oxygen atoms in total. The van der Waals surface area contributed by atoms with Crippen molar-refractivity contribution < 1.29 is 18.0 Å². The smallest absolute Gasteiger partial charge is 0.267 e. The maximum absolute atomic E-state index is 14.2. The van der Waals surface area contributed by atoms with Gasteiger partial charge in [-0.3, -0.25) is 19.4 Å². The average Bonchev–Trinajstić information content (AvgIpc) is 3.40. The van der Waals surface area contributed by atoms with Crippen LogP contribution in [0, 0.1) is 0 Å². The summed E-state index contributed by atoms with van der Waals surface area (Å²) in [5.41, 5.74) is 0.761. The predicted octanol–water partition coefficient (Wildman–Crippen LogP) is 4.60. The Hall–Kier alpha value is -2.30. The highest BCUT2D eigenvalue weighted by atomic mass is 35.5. The van der Waals surface area contributed by atoms with Crippen molar-refractivity contribution in [2.45, 2.75) is 56.1 Å². The maximum atomic E-state index is 14.2. The fraction of sp³-hybridized carbons (Fsp3) is 0.407. The Bertz CT molecular complexity index is 1440. The Morgan fingerprint density at radius 1 is 0.949 bits per heavy atom. The van der Waals surface area contributed by atoms with Gasteiger partial charge in [0.2, 0.25) is 11.8 Å². The molecule has 12 heteroatoms. The predicted molar refractivity (Wildman–Crippen MR) is 151 cm³/mol. The zero-order valence-electron chi connectivity index (χ0n) is 21.6. The number of halogens is 3. The minimum Gasteiger partial charge on any atom is -0.311 e. The molecule has 2 amide bonds. The monoisotopic (exact) mass is 610 g/mol. The lowest BCUT2D eigenvalue weighted by molar-refractivity contribution is -0.152. The molecule has 2 unspecified atom stereocenters. The second-order valence-electron chi connectivity index (χ2n) is 10.3. The van der Waals surface area contributed by atoms with Crippen molar-refractivity contribution in [2.24, 2.45) is 0 Å². The van der Waals surface area contributed by atoms with Crippen molar-refractivity contribution in [2.75, 3.05) is 19.6 Å². The highest BCUT2D eigenvalue weighted by Crippen LogP contribution is 2.38. The van der Waals surface area contributed by atoms with Gasteiger partial charge in [0, 0.05) is 28.7 Å². The lowest BCUT2D eigenvalue weighted by Gasteiger charge is -2.50. The van der Waals surface area contributed by atoms with Crippen LogP contribution in [-0.2, 0) is 26.0 Å². The molecule has 0 aromatic heterocycles. The molecule has 0 radical (unpaired) electrons. The highest BCUT2D eigenvalue weighted by Gasteiger charge is 2.51. The highest BCUT2D eigenvalue weighted by molar-refractivity contribution is 7.89. The number of carbonyl (C=O) groups excluding carboxylic acids is 2. The number of hydrogen-bond donors (Lipinski definition) is 0. The summed E-state index contributed by atoms with van der Waals surface area (Å²) in [6.45, 7) is 4.93. The summed E-state index contributed by atoms with van der Waals surface area (Å²) in [4.78, 5) is 32.7. The number of sulfonamides is 1. The molecule has 3 aliphatic rings. The molecule has 0 saturated carbocycles. The topological polar surface area (TPSA) is 81.2 Å². The fourth-order valence-electron chi connectivity index (χ4n) is 5.45. The number of likely N-dealkylation sites (tertiary alicyclic amines) is 1. The van der Waals surface area contributed by atoms with Gasteiger partial charge in [-0.1, -0.05) is 46.9 Å². The van der Waals surface area contributed by atoms with E-state index in [-0.39, 0.29) is 46.6 Å². The number of rotatable bonds is 6. The second-order valence-corrected chi connectivity index (χ2v) is 13.4. The van der Waals surface area contributed by atoms with Gasteiger partial charge in [0.15, 0.2) is 0 Å². The molecule has 3 aliphatic heterocycles. The number of amides is 2. The third-order valence-electron chi connectivity index (χ3n) is 7.39. The fourth-order valence-corrected chi connectivity index (χ4v) is 7.87. The summed E-state index contributed by atoms with van der Waals surface area (Å²) in [7, 11) is -4.24. The van der Waals surface area contributed by atoms with Crippen LogP contribution in [0.15, 0.2) is 59.4 Å². The minimum absolute atomic E-state index is 0.0210. The lowest BCUT2D eigenvalue weighted by atomic mass is 9.98. The van der Waals surface area contributed by atoms with Crippen molar-refractivity contribution in [3.63, 3.8) is 0 Å². The Kier molecular flexibility index (Phi) is 7.92. The van der Waals surface area contributed by atoms with E-state index < -0.39 is 22.1 Å². The Labute approximate surface area is 243 Å². The van der Waals surface area contributed by atoms with Crippen molar-refractivity contribution in [3.05, 3.63) is 75.1 Å². The molecule has 2 aromatic rings. The first kappa shape index (κ1) is 28.2. The zero-order chi connectivity index (χ0) is 28.1. The molecular weight excluding hydrogens is 583 g/mol. The van der Waals surface area contributed by atoms with Gasteiger partial charge in [-0.15, -0.1) is 0 Å². The van der Waals surface area contributed by atoms with Crippen molar-refractivity contribution in [3.8, 4) is 0 Å². The standard InChI is InChI=1S/C27H29Cl3N4O4S/c1-17(2)32-16-25-33(39(37,38)24-9-8-20(29)14-21(24)30)15-23(31-10-3-4-11-31)27(36)34(25)22(26(32)35)13-18-6-5-7-19(28)12-18/h5-9,12,14,16-17,22-23H,3-4,10-11,13,15H2,1-2H3. The first-order valence-electron chi connectivity index (χ1n) is 12.8. The summed E-state index contributed by atoms with van der Waals surface area (Å²) < 4.78 is 29.6. The van der Waals surface area contributed by atoms with Gasteiger partial charge in [0.25, 0.3) is 10.0 Å². The van der Waals surface area contributed by atoms with Gasteiger partial charge in [0.1, 0.15) is 22.8 Å². The van der Waals surface area contributed by atoms with Crippen LogP contribution in [-0.4, -0.2) is 77.0 Å². The molecule has 2 atom stereocenters. The summed E-state index contributed by atoms with van der Waals surface area (Å²) in [6.07, 6.45) is 3.47. The number of fused-ring (bicyclic) bond motifs is 1. The van der Waals surface area contributed by atoms with E-state index in [1.807, 2.05) is 24.8 Å². The third-order valence-corrected chi connectivity index (χ3v) is 10.1. The van der Waals surface area contributed by atoms with Crippen LogP contribution in [0.25, 0.3) is 0 Å². The normalized spacial score (nSPS) is 22.5. The summed E-state index contributed by atoms with van der Waals surface area (Å²) in [6, 6.07) is 9.34. The summed E-state index contributed by atoms with van der Waals surface area (Å²) in [5, 5.41) is 0.792. The molecule has 5 rings (SSSR count). The van der Waals surface area contributed by atoms with Crippen LogP contribution in [0.4, 0.5) is 0 Å². The first-order valence-corrected chi connectivity index (χ1v) is 15.4. The third kappa shape index (κ3) is 5.27. The van der Waals surface area contributed by atoms with E-state index in [1.165, 1.54) is 38.5 Å². The van der Waals surface area contributed by atoms with Gasteiger partial charge in [-0.2, -0.15) is 0 Å². The SMILES string of the molecule is CC(C)N1C=C2N(C(=O)C(N3CCCC3)CN2S(=O)(=O)c2ccc(Cl)cc2Cl)C(Cc2cccc(Cl)c2)C1=O. The van der Waals surface area contributed by atoms with Crippen LogP contribution in [0.2, 0.25) is 15.1 Å². The van der Waals surface area contributed by atoms with E-state index in [4.69, 9.17) is 34.8 Å². The average molecular weight is 612 g/mol. The van der Waals surface area contributed by atoms with E-state index in [0.717, 1.165) is 18.4 Å². The van der Waals surface area contributed by atoms with Gasteiger partial charge >= 0.3 is 0 Å². The second kappa shape index (κ2) is 10.9. The van der Waals surface area contributed by atoms with Crippen molar-refractivity contribution >= 4 is 56.6 Å². The van der Waals surface area contributed by atoms with E-state index >= 15 is 0 Å². The zero-order valence-corrected chi connectivity index (χ0v) is 24.6. The molecule has 0 spiro atoms. The molecule has 0 N–H and O–H groups in total. The molecule has 39 heavy (non-hydrogen) atoms. The number of benzene rings is 2. The van der Waals surface area contributed by atoms with Gasteiger partial charge in [0.05, 0.1) is 11.6 Å². The minimum atomic E-state index is -4.24. The molecule has 0 bridgehead atoms. The molecule has 2 fully saturated rings. The Morgan fingerprint density at radius 3 is 2.28 bits per heavy atom. The van der Waals surface area contributed by atoms with Crippen LogP contribution >= 0.6 is 34.8 Å². The largest absolute Gasteiger partial charge is 0.311 e. The summed E-state index contributed by atoms with van der Waals surface area (Å²) >= 11 is 18.7. The first-order chi connectivity index (χ1) is 18.5. The van der Waals surface area contributed by atoms with E-state index in [2.05, 4.69) is 0 Å². The van der Waals surface area contributed by atoms with Crippen LogP contribution in [0.3, 0.4) is 0 Å². The number of carbonyl (C=O) groups is 2. The molecular formula is C27H29Cl3N4O4S. The van der Waals surface area contributed by atoms with E-state index in [9.17, 15) is 18.0 Å². The summed E-state index contributed by atoms with van der Waals surface area (Å²) in [5.74, 6) is -0.451. The molecule has 2 aromatic carbocycles. The molecule has 3 heterocycles. The van der Waals surface area contributed by atoms with Crippen molar-refractivity contribution in [1.29, 1.82) is 0 Å². The quantitative estimate of drug-likeness (QED) is 0.477. The van der Waals surface area contributed by atoms with Crippen LogP contribution < -0.4 is 0 Å². The van der Waals surface area contributed by atoms with Gasteiger partial charge in [-0.25, -0.2) is 12.7 Å².